The molecule has 0 atom stereocenters. The van der Waals surface area contributed by atoms with Crippen LogP contribution < -0.4 is 4.74 Å². The van der Waals surface area contributed by atoms with E-state index in [9.17, 15) is 0 Å². The molecule has 0 aliphatic heterocycles. The van der Waals surface area contributed by atoms with Crippen LogP contribution in [0.25, 0.3) is 0 Å². The zero-order valence-electron chi connectivity index (χ0n) is 9.97. The van der Waals surface area contributed by atoms with Crippen LogP contribution in [-0.4, -0.2) is 11.5 Å². The van der Waals surface area contributed by atoms with E-state index in [1.807, 2.05) is 0 Å². The van der Waals surface area contributed by atoms with E-state index < -0.39 is 13.4 Å². The van der Waals surface area contributed by atoms with Crippen LogP contribution in [-0.2, 0) is 0 Å². The highest BCUT2D eigenvalue weighted by Crippen LogP contribution is 2.13. The van der Waals surface area contributed by atoms with Crippen molar-refractivity contribution in [2.75, 3.05) is 6.56 Å². The van der Waals surface area contributed by atoms with Crippen molar-refractivity contribution in [3.8, 4) is 5.88 Å². The van der Waals surface area contributed by atoms with E-state index in [4.69, 9.17) is 6.85 Å². The number of pyridine rings is 1. The van der Waals surface area contributed by atoms with Crippen molar-refractivity contribution in [1.82, 2.24) is 4.98 Å². The Balaban J connectivity index is 2.87. The lowest BCUT2D eigenvalue weighted by Gasteiger charge is -1.99. The van der Waals surface area contributed by atoms with Crippen molar-refractivity contribution in [1.29, 1.82) is 0 Å². The average Bonchev–Trinajstić information content (AvgIpc) is 2.00. The molecule has 0 bridgehead atoms. The summed E-state index contributed by atoms with van der Waals surface area (Å²) in [5.41, 5.74) is 0. The Hall–Kier alpha value is -0.570. The fraction of sp³-hybridized carbons (Fsp3) is 0.286. The third kappa shape index (κ3) is 1.99. The molecule has 0 aliphatic rings. The average molecular weight is 207 g/mol. The number of ether oxygens (including phenoxy) is 1. The lowest BCUT2D eigenvalue weighted by molar-refractivity contribution is 0.326. The molecule has 1 rings (SSSR count). The van der Waals surface area contributed by atoms with Gasteiger partial charge in [-0.05, 0) is 12.9 Å². The molecule has 3 heteroatoms. The Labute approximate surface area is 75.4 Å². The van der Waals surface area contributed by atoms with E-state index in [0.29, 0.717) is 4.47 Å². The Bertz CT molecular complexity index is 353. The molecule has 0 radical (unpaired) electrons. The molecule has 0 fully saturated rings. The molecule has 10 heavy (non-hydrogen) atoms. The summed E-state index contributed by atoms with van der Waals surface area (Å²) >= 11 is 3.14. The maximum absolute atomic E-state index is 7.21. The molecule has 2 nitrogen and oxygen atoms in total. The first-order valence-electron chi connectivity index (χ1n) is 5.03. The summed E-state index contributed by atoms with van der Waals surface area (Å²) in [4.78, 5) is 3.70. The first-order chi connectivity index (χ1) is 6.72. The van der Waals surface area contributed by atoms with Gasteiger partial charge in [0.15, 0.2) is 0 Å². The van der Waals surface area contributed by atoms with Crippen LogP contribution in [0.4, 0.5) is 0 Å². The Morgan fingerprint density at radius 2 is 2.90 bits per heavy atom. The van der Waals surface area contributed by atoms with Crippen molar-refractivity contribution in [2.24, 2.45) is 0 Å². The molecule has 0 spiro atoms. The molecule has 1 aromatic rings. The number of halogens is 1. The van der Waals surface area contributed by atoms with Crippen molar-refractivity contribution in [3.05, 3.63) is 22.8 Å². The zero-order valence-corrected chi connectivity index (χ0v) is 6.55. The molecule has 0 saturated carbocycles. The minimum atomic E-state index is -2.85. The van der Waals surface area contributed by atoms with Gasteiger partial charge in [-0.25, -0.2) is 4.98 Å². The summed E-state index contributed by atoms with van der Waals surface area (Å²) in [7, 11) is 0. The standard InChI is InChI=1S/C7H8BrNO/c1-2-10-7-5-6(8)3-4-9-7/h3-5H,2H2,1H3/i1D3,2D2. The summed E-state index contributed by atoms with van der Waals surface area (Å²) in [5, 5.41) is 0. The van der Waals surface area contributed by atoms with E-state index in [-0.39, 0.29) is 5.88 Å². The molecular formula is C7H8BrNO. The summed E-state index contributed by atoms with van der Waals surface area (Å²) in [5.74, 6) is -0.0782. The van der Waals surface area contributed by atoms with Crippen LogP contribution in [0, 0.1) is 0 Å². The fourth-order valence-electron chi connectivity index (χ4n) is 0.493. The highest BCUT2D eigenvalue weighted by molar-refractivity contribution is 9.10. The van der Waals surface area contributed by atoms with Gasteiger partial charge in [0.05, 0.1) is 9.30 Å². The molecule has 0 aliphatic carbocycles. The van der Waals surface area contributed by atoms with Crippen LogP contribution in [0.2, 0.25) is 0 Å². The quantitative estimate of drug-likeness (QED) is 0.741. The van der Waals surface area contributed by atoms with Gasteiger partial charge in [0.2, 0.25) is 5.88 Å². The highest BCUT2D eigenvalue weighted by Gasteiger charge is 1.91. The minimum absolute atomic E-state index is 0.0782. The van der Waals surface area contributed by atoms with E-state index >= 15 is 0 Å². The lowest BCUT2D eigenvalue weighted by Crippen LogP contribution is -1.92. The van der Waals surface area contributed by atoms with Gasteiger partial charge >= 0.3 is 0 Å². The second kappa shape index (κ2) is 3.56. The predicted molar refractivity (Wildman–Crippen MR) is 43.1 cm³/mol. The normalized spacial score (nSPS) is 19.5. The van der Waals surface area contributed by atoms with E-state index in [1.165, 1.54) is 12.3 Å². The first-order valence-corrected chi connectivity index (χ1v) is 3.32. The van der Waals surface area contributed by atoms with Gasteiger partial charge in [0.25, 0.3) is 0 Å². The molecule has 0 N–H and O–H groups in total. The van der Waals surface area contributed by atoms with Crippen molar-refractivity contribution < 1.29 is 11.6 Å². The number of nitrogens with zero attached hydrogens (tertiary/aromatic N) is 1. The summed E-state index contributed by atoms with van der Waals surface area (Å²) in [6.07, 6.45) is 1.38. The fourth-order valence-corrected chi connectivity index (χ4v) is 0.807. The van der Waals surface area contributed by atoms with Crippen molar-refractivity contribution >= 4 is 15.9 Å². The van der Waals surface area contributed by atoms with Crippen molar-refractivity contribution in [3.63, 3.8) is 0 Å². The van der Waals surface area contributed by atoms with E-state index in [2.05, 4.69) is 25.7 Å². The molecule has 0 amide bonds. The highest BCUT2D eigenvalue weighted by atomic mass is 79.9. The Morgan fingerprint density at radius 3 is 3.60 bits per heavy atom. The molecule has 1 heterocycles. The lowest BCUT2D eigenvalue weighted by atomic mass is 10.5. The number of aromatic nitrogens is 1. The zero-order chi connectivity index (χ0) is 11.7. The van der Waals surface area contributed by atoms with Crippen LogP contribution in [0.15, 0.2) is 22.8 Å². The monoisotopic (exact) mass is 206 g/mol. The summed E-state index contributed by atoms with van der Waals surface area (Å²) in [6, 6.07) is 3.02. The smallest absolute Gasteiger partial charge is 0.214 e. The predicted octanol–water partition coefficient (Wildman–Crippen LogP) is 2.24. The molecule has 0 unspecified atom stereocenters. The number of hydrogen-bond donors (Lipinski definition) is 0. The summed E-state index contributed by atoms with van der Waals surface area (Å²) < 4.78 is 40.5. The van der Waals surface area contributed by atoms with E-state index in [1.54, 1.807) is 6.07 Å². The van der Waals surface area contributed by atoms with Gasteiger partial charge in [-0.1, -0.05) is 15.9 Å². The SMILES string of the molecule is [2H]C([2H])([2H])C([2H])([2H])Oc1cc(Br)ccn1. The second-order valence-corrected chi connectivity index (χ2v) is 2.43. The van der Waals surface area contributed by atoms with Gasteiger partial charge in [0, 0.05) is 20.8 Å². The van der Waals surface area contributed by atoms with E-state index in [0.717, 1.165) is 0 Å². The van der Waals surface area contributed by atoms with Gasteiger partial charge in [-0.2, -0.15) is 0 Å². The number of rotatable bonds is 2. The molecular weight excluding hydrogens is 194 g/mol. The maximum Gasteiger partial charge on any atom is 0.214 e. The second-order valence-electron chi connectivity index (χ2n) is 1.52. The van der Waals surface area contributed by atoms with Crippen LogP contribution in [0.5, 0.6) is 5.88 Å². The molecule has 1 aromatic heterocycles. The summed E-state index contributed by atoms with van der Waals surface area (Å²) in [6.45, 7) is -5.60. The number of hydrogen-bond acceptors (Lipinski definition) is 2. The topological polar surface area (TPSA) is 22.1 Å². The van der Waals surface area contributed by atoms with Gasteiger partial charge in [-0.15, -0.1) is 0 Å². The van der Waals surface area contributed by atoms with Crippen LogP contribution in [0.1, 0.15) is 13.7 Å². The van der Waals surface area contributed by atoms with Crippen LogP contribution >= 0.6 is 15.9 Å². The molecule has 54 valence electrons. The third-order valence-corrected chi connectivity index (χ3v) is 1.35. The largest absolute Gasteiger partial charge is 0.478 e. The van der Waals surface area contributed by atoms with Gasteiger partial charge < -0.3 is 4.74 Å². The van der Waals surface area contributed by atoms with Gasteiger partial charge in [-0.3, -0.25) is 0 Å². The van der Waals surface area contributed by atoms with Crippen molar-refractivity contribution in [2.45, 2.75) is 6.85 Å². The maximum atomic E-state index is 7.21. The third-order valence-electron chi connectivity index (χ3n) is 0.852. The van der Waals surface area contributed by atoms with Crippen LogP contribution in [0.3, 0.4) is 0 Å². The van der Waals surface area contributed by atoms with Gasteiger partial charge in [0.1, 0.15) is 0 Å². The Kier molecular flexibility index (Phi) is 1.15. The Morgan fingerprint density at radius 1 is 2.00 bits per heavy atom. The first kappa shape index (κ1) is 3.22. The minimum Gasteiger partial charge on any atom is -0.478 e. The molecule has 0 aromatic carbocycles. The molecule has 0 saturated heterocycles.